The third kappa shape index (κ3) is 5.33. The highest BCUT2D eigenvalue weighted by molar-refractivity contribution is 5.37. The molecule has 1 N–H and O–H groups in total. The van der Waals surface area contributed by atoms with Gasteiger partial charge in [0.15, 0.2) is 0 Å². The molecule has 1 saturated heterocycles. The Labute approximate surface area is 163 Å². The third-order valence-corrected chi connectivity index (χ3v) is 6.08. The fourth-order valence-corrected chi connectivity index (χ4v) is 4.35. The van der Waals surface area contributed by atoms with Gasteiger partial charge in [-0.15, -0.1) is 0 Å². The van der Waals surface area contributed by atoms with E-state index in [0.29, 0.717) is 0 Å². The Kier molecular flexibility index (Phi) is 6.44. The topological polar surface area (TPSA) is 24.5 Å². The minimum atomic E-state index is 0.832. The molecule has 27 heavy (non-hydrogen) atoms. The zero-order valence-corrected chi connectivity index (χ0v) is 16.3. The van der Waals surface area contributed by atoms with Crippen LogP contribution in [0.25, 0.3) is 0 Å². The van der Waals surface area contributed by atoms with Crippen LogP contribution in [0.2, 0.25) is 0 Å². The van der Waals surface area contributed by atoms with E-state index in [1.807, 2.05) is 0 Å². The summed E-state index contributed by atoms with van der Waals surface area (Å²) in [5.41, 5.74) is 4.38. The number of piperidine rings is 1. The van der Waals surface area contributed by atoms with Crippen LogP contribution in [-0.4, -0.2) is 37.7 Å². The molecule has 2 heterocycles. The first kappa shape index (κ1) is 18.5. The van der Waals surface area contributed by atoms with Crippen LogP contribution in [-0.2, 0) is 19.4 Å². The smallest absolute Gasteiger partial charge is 0.119 e. The molecule has 2 aromatic carbocycles. The van der Waals surface area contributed by atoms with Crippen molar-refractivity contribution in [1.82, 2.24) is 10.2 Å². The van der Waals surface area contributed by atoms with Crippen LogP contribution in [0.5, 0.6) is 5.75 Å². The van der Waals surface area contributed by atoms with Gasteiger partial charge in [-0.1, -0.05) is 36.4 Å². The summed E-state index contributed by atoms with van der Waals surface area (Å²) in [5.74, 6) is 1.89. The highest BCUT2D eigenvalue weighted by Crippen LogP contribution is 2.24. The fraction of sp³-hybridized carbons (Fsp3) is 0.500. The first-order chi connectivity index (χ1) is 13.4. The maximum atomic E-state index is 6.10. The maximum absolute atomic E-state index is 6.10. The molecule has 2 aliphatic heterocycles. The van der Waals surface area contributed by atoms with Gasteiger partial charge in [0.2, 0.25) is 0 Å². The maximum Gasteiger partial charge on any atom is 0.119 e. The summed E-state index contributed by atoms with van der Waals surface area (Å²) in [5, 5.41) is 3.44. The molecule has 0 aliphatic carbocycles. The van der Waals surface area contributed by atoms with Crippen molar-refractivity contribution in [3.8, 4) is 5.75 Å². The average molecular weight is 365 g/mol. The van der Waals surface area contributed by atoms with Gasteiger partial charge in [0, 0.05) is 19.6 Å². The van der Waals surface area contributed by atoms with Crippen molar-refractivity contribution >= 4 is 0 Å². The van der Waals surface area contributed by atoms with Crippen molar-refractivity contribution in [2.24, 2.45) is 5.92 Å². The van der Waals surface area contributed by atoms with Gasteiger partial charge in [0.25, 0.3) is 0 Å². The van der Waals surface area contributed by atoms with Crippen molar-refractivity contribution < 1.29 is 4.74 Å². The Morgan fingerprint density at radius 2 is 1.70 bits per heavy atom. The molecule has 1 fully saturated rings. The van der Waals surface area contributed by atoms with E-state index >= 15 is 0 Å². The molecular formula is C24H32N2O. The van der Waals surface area contributed by atoms with E-state index in [2.05, 4.69) is 58.7 Å². The Bertz CT molecular complexity index is 710. The Morgan fingerprint density at radius 1 is 0.926 bits per heavy atom. The summed E-state index contributed by atoms with van der Waals surface area (Å²) < 4.78 is 6.10. The molecule has 0 saturated carbocycles. The lowest BCUT2D eigenvalue weighted by Crippen LogP contribution is -2.28. The lowest BCUT2D eigenvalue weighted by atomic mass is 9.95. The van der Waals surface area contributed by atoms with Gasteiger partial charge in [-0.25, -0.2) is 0 Å². The van der Waals surface area contributed by atoms with Crippen molar-refractivity contribution in [2.45, 2.75) is 38.6 Å². The average Bonchev–Trinajstić information content (AvgIpc) is 2.92. The number of nitrogens with one attached hydrogen (secondary N) is 1. The van der Waals surface area contributed by atoms with E-state index in [9.17, 15) is 0 Å². The summed E-state index contributed by atoms with van der Waals surface area (Å²) >= 11 is 0. The highest BCUT2D eigenvalue weighted by Gasteiger charge is 2.16. The van der Waals surface area contributed by atoms with Gasteiger partial charge < -0.3 is 10.1 Å². The summed E-state index contributed by atoms with van der Waals surface area (Å²) in [4.78, 5) is 2.58. The Morgan fingerprint density at radius 3 is 2.52 bits per heavy atom. The molecule has 2 aromatic rings. The second-order valence-corrected chi connectivity index (χ2v) is 8.02. The standard InChI is InChI=1S/C24H32N2O/c1-2-4-21(5-3-1)19-26-15-10-22-6-7-24(18-23(22)11-16-26)27-17-12-20-8-13-25-14-9-20/h1-7,18,20,25H,8-17,19H2. The molecule has 0 bridgehead atoms. The second kappa shape index (κ2) is 9.38. The van der Waals surface area contributed by atoms with Crippen LogP contribution in [0.4, 0.5) is 0 Å². The summed E-state index contributed by atoms with van der Waals surface area (Å²) in [6.07, 6.45) is 6.03. The summed E-state index contributed by atoms with van der Waals surface area (Å²) in [6.45, 7) is 6.50. The van der Waals surface area contributed by atoms with Crippen LogP contribution in [0.15, 0.2) is 48.5 Å². The first-order valence-corrected chi connectivity index (χ1v) is 10.6. The number of hydrogen-bond acceptors (Lipinski definition) is 3. The van der Waals surface area contributed by atoms with Crippen molar-refractivity contribution in [3.63, 3.8) is 0 Å². The first-order valence-electron chi connectivity index (χ1n) is 10.6. The molecule has 0 radical (unpaired) electrons. The van der Waals surface area contributed by atoms with Crippen molar-refractivity contribution in [1.29, 1.82) is 0 Å². The van der Waals surface area contributed by atoms with Gasteiger partial charge in [-0.2, -0.15) is 0 Å². The van der Waals surface area contributed by atoms with Crippen molar-refractivity contribution in [3.05, 3.63) is 65.2 Å². The van der Waals surface area contributed by atoms with E-state index in [1.54, 1.807) is 0 Å². The molecule has 0 unspecified atom stereocenters. The molecule has 3 heteroatoms. The van der Waals surface area contributed by atoms with Crippen LogP contribution >= 0.6 is 0 Å². The van der Waals surface area contributed by atoms with E-state index in [-0.39, 0.29) is 0 Å². The normalized spacial score (nSPS) is 18.7. The zero-order valence-electron chi connectivity index (χ0n) is 16.3. The molecule has 144 valence electrons. The molecule has 2 aliphatic rings. The Balaban J connectivity index is 1.29. The van der Waals surface area contributed by atoms with Gasteiger partial charge in [0.1, 0.15) is 5.75 Å². The number of benzene rings is 2. The molecule has 0 spiro atoms. The predicted octanol–water partition coefficient (Wildman–Crippen LogP) is 4.06. The van der Waals surface area contributed by atoms with Crippen LogP contribution in [0, 0.1) is 5.92 Å². The molecule has 4 rings (SSSR count). The summed E-state index contributed by atoms with van der Waals surface area (Å²) in [7, 11) is 0. The van der Waals surface area contributed by atoms with E-state index in [0.717, 1.165) is 50.8 Å². The Hall–Kier alpha value is -1.84. The number of hydrogen-bond donors (Lipinski definition) is 1. The predicted molar refractivity (Wildman–Crippen MR) is 111 cm³/mol. The largest absolute Gasteiger partial charge is 0.494 e. The SMILES string of the molecule is c1ccc(CN2CCc3ccc(OCCC4CCNCC4)cc3CC2)cc1. The lowest BCUT2D eigenvalue weighted by molar-refractivity contribution is 0.251. The monoisotopic (exact) mass is 364 g/mol. The van der Waals surface area contributed by atoms with E-state index < -0.39 is 0 Å². The van der Waals surface area contributed by atoms with Gasteiger partial charge in [-0.3, -0.25) is 4.90 Å². The van der Waals surface area contributed by atoms with Crippen LogP contribution < -0.4 is 10.1 Å². The van der Waals surface area contributed by atoms with Crippen LogP contribution in [0.1, 0.15) is 36.0 Å². The number of rotatable bonds is 6. The van der Waals surface area contributed by atoms with Crippen LogP contribution in [0.3, 0.4) is 0 Å². The van der Waals surface area contributed by atoms with E-state index in [4.69, 9.17) is 4.74 Å². The minimum Gasteiger partial charge on any atom is -0.494 e. The van der Waals surface area contributed by atoms with Gasteiger partial charge in [-0.05, 0) is 79.9 Å². The molecule has 0 atom stereocenters. The molecular weight excluding hydrogens is 332 g/mol. The van der Waals surface area contributed by atoms with E-state index in [1.165, 1.54) is 49.0 Å². The summed E-state index contributed by atoms with van der Waals surface area (Å²) in [6, 6.07) is 17.6. The molecule has 0 amide bonds. The van der Waals surface area contributed by atoms with Gasteiger partial charge in [0.05, 0.1) is 6.61 Å². The minimum absolute atomic E-state index is 0.832. The highest BCUT2D eigenvalue weighted by atomic mass is 16.5. The molecule has 3 nitrogen and oxygen atoms in total. The van der Waals surface area contributed by atoms with Gasteiger partial charge >= 0.3 is 0 Å². The lowest BCUT2D eigenvalue weighted by Gasteiger charge is -2.22. The zero-order chi connectivity index (χ0) is 18.3. The number of ether oxygens (including phenoxy) is 1. The number of nitrogens with zero attached hydrogens (tertiary/aromatic N) is 1. The molecule has 0 aromatic heterocycles. The fourth-order valence-electron chi connectivity index (χ4n) is 4.35. The quantitative estimate of drug-likeness (QED) is 0.837. The third-order valence-electron chi connectivity index (χ3n) is 6.08. The van der Waals surface area contributed by atoms with Crippen molar-refractivity contribution in [2.75, 3.05) is 32.8 Å². The second-order valence-electron chi connectivity index (χ2n) is 8.02. The number of fused-ring (bicyclic) bond motifs is 1.